The Morgan fingerprint density at radius 2 is 2.00 bits per heavy atom. The van der Waals surface area contributed by atoms with E-state index in [0.29, 0.717) is 13.1 Å². The summed E-state index contributed by atoms with van der Waals surface area (Å²) in [6, 6.07) is 3.68. The molecule has 1 N–H and O–H groups in total. The number of rotatable bonds is 6. The summed E-state index contributed by atoms with van der Waals surface area (Å²) in [5, 5.41) is 8.92. The molecule has 1 aromatic carbocycles. The van der Waals surface area contributed by atoms with Gasteiger partial charge in [0.05, 0.1) is 5.92 Å². The van der Waals surface area contributed by atoms with E-state index in [0.717, 1.165) is 6.07 Å². The van der Waals surface area contributed by atoms with Gasteiger partial charge in [0.1, 0.15) is 0 Å². The number of hydrogen-bond donors (Lipinski definition) is 1. The first-order valence-corrected chi connectivity index (χ1v) is 6.29. The van der Waals surface area contributed by atoms with Crippen molar-refractivity contribution < 1.29 is 18.7 Å². The van der Waals surface area contributed by atoms with Gasteiger partial charge in [-0.25, -0.2) is 8.78 Å². The Bertz CT molecular complexity index is 451. The summed E-state index contributed by atoms with van der Waals surface area (Å²) in [6.07, 6.45) is 0. The van der Waals surface area contributed by atoms with Crippen LogP contribution in [0.25, 0.3) is 0 Å². The monoisotopic (exact) mass is 271 g/mol. The molecule has 1 rings (SSSR count). The quantitative estimate of drug-likeness (QED) is 0.864. The van der Waals surface area contributed by atoms with Gasteiger partial charge in [-0.05, 0) is 19.5 Å². The van der Waals surface area contributed by atoms with E-state index < -0.39 is 23.5 Å². The maximum absolute atomic E-state index is 13.7. The first kappa shape index (κ1) is 15.6. The van der Waals surface area contributed by atoms with E-state index in [9.17, 15) is 13.6 Å². The van der Waals surface area contributed by atoms with Crippen LogP contribution in [0.1, 0.15) is 32.4 Å². The van der Waals surface area contributed by atoms with Crippen molar-refractivity contribution in [3.05, 3.63) is 35.4 Å². The fourth-order valence-corrected chi connectivity index (χ4v) is 2.03. The first-order chi connectivity index (χ1) is 8.88. The molecule has 0 aromatic heterocycles. The molecule has 0 fully saturated rings. The summed E-state index contributed by atoms with van der Waals surface area (Å²) in [4.78, 5) is 12.7. The minimum Gasteiger partial charge on any atom is -0.481 e. The van der Waals surface area contributed by atoms with Crippen molar-refractivity contribution in [1.29, 1.82) is 0 Å². The summed E-state index contributed by atoms with van der Waals surface area (Å²) >= 11 is 0. The highest BCUT2D eigenvalue weighted by molar-refractivity contribution is 5.69. The number of aliphatic carboxylic acids is 1. The van der Waals surface area contributed by atoms with Gasteiger partial charge in [0, 0.05) is 18.2 Å². The number of nitrogens with zero attached hydrogens (tertiary/aromatic N) is 1. The number of carboxylic acid groups (broad SMARTS) is 1. The van der Waals surface area contributed by atoms with E-state index in [1.165, 1.54) is 12.1 Å². The molecule has 0 bridgehead atoms. The van der Waals surface area contributed by atoms with Gasteiger partial charge < -0.3 is 5.11 Å². The van der Waals surface area contributed by atoms with Crippen LogP contribution in [-0.4, -0.2) is 29.1 Å². The van der Waals surface area contributed by atoms with Crippen molar-refractivity contribution in [1.82, 2.24) is 4.90 Å². The molecule has 0 aliphatic carbocycles. The predicted octanol–water partition coefficient (Wildman–Crippen LogP) is 3.07. The van der Waals surface area contributed by atoms with E-state index in [4.69, 9.17) is 5.11 Å². The molecule has 106 valence electrons. The minimum absolute atomic E-state index is 0.249. The van der Waals surface area contributed by atoms with Crippen LogP contribution >= 0.6 is 0 Å². The lowest BCUT2D eigenvalue weighted by atomic mass is 10.0. The lowest BCUT2D eigenvalue weighted by Crippen LogP contribution is -2.34. The van der Waals surface area contributed by atoms with Crippen LogP contribution in [-0.2, 0) is 4.79 Å². The average Bonchev–Trinajstić information content (AvgIpc) is 2.38. The molecule has 3 nitrogen and oxygen atoms in total. The minimum atomic E-state index is -0.898. The summed E-state index contributed by atoms with van der Waals surface area (Å²) in [5.41, 5.74) is 0.249. The van der Waals surface area contributed by atoms with Crippen LogP contribution in [0, 0.1) is 17.6 Å². The molecule has 0 heterocycles. The van der Waals surface area contributed by atoms with Crippen molar-refractivity contribution in [2.75, 3.05) is 13.1 Å². The zero-order valence-corrected chi connectivity index (χ0v) is 11.4. The molecule has 0 saturated carbocycles. The zero-order valence-electron chi connectivity index (χ0n) is 11.4. The number of halogens is 2. The molecule has 2 unspecified atom stereocenters. The molecule has 0 aliphatic heterocycles. The molecule has 19 heavy (non-hydrogen) atoms. The lowest BCUT2D eigenvalue weighted by molar-refractivity contribution is -0.141. The maximum Gasteiger partial charge on any atom is 0.307 e. The normalized spacial score (nSPS) is 14.4. The summed E-state index contributed by atoms with van der Waals surface area (Å²) in [5.74, 6) is -3.20. The van der Waals surface area contributed by atoms with Crippen LogP contribution in [0.4, 0.5) is 8.78 Å². The number of benzene rings is 1. The van der Waals surface area contributed by atoms with Gasteiger partial charge in [-0.2, -0.15) is 0 Å². The third kappa shape index (κ3) is 3.73. The smallest absolute Gasteiger partial charge is 0.307 e. The summed E-state index contributed by atoms with van der Waals surface area (Å²) in [7, 11) is 0. The van der Waals surface area contributed by atoms with Crippen molar-refractivity contribution in [3.63, 3.8) is 0 Å². The topological polar surface area (TPSA) is 40.5 Å². The van der Waals surface area contributed by atoms with Crippen molar-refractivity contribution in [3.8, 4) is 0 Å². The third-order valence-electron chi connectivity index (χ3n) is 3.32. The second kappa shape index (κ2) is 6.61. The Hall–Kier alpha value is -1.49. The van der Waals surface area contributed by atoms with Gasteiger partial charge in [-0.15, -0.1) is 0 Å². The van der Waals surface area contributed by atoms with Gasteiger partial charge in [0.15, 0.2) is 11.6 Å². The second-order valence-corrected chi connectivity index (χ2v) is 4.65. The Labute approximate surface area is 111 Å². The van der Waals surface area contributed by atoms with Crippen LogP contribution in [0.15, 0.2) is 18.2 Å². The average molecular weight is 271 g/mol. The third-order valence-corrected chi connectivity index (χ3v) is 3.32. The van der Waals surface area contributed by atoms with Gasteiger partial charge in [0.25, 0.3) is 0 Å². The lowest BCUT2D eigenvalue weighted by Gasteiger charge is -2.29. The van der Waals surface area contributed by atoms with Gasteiger partial charge >= 0.3 is 5.97 Å². The number of hydrogen-bond acceptors (Lipinski definition) is 2. The van der Waals surface area contributed by atoms with Gasteiger partial charge in [0.2, 0.25) is 0 Å². The highest BCUT2D eigenvalue weighted by Gasteiger charge is 2.23. The fourth-order valence-electron chi connectivity index (χ4n) is 2.03. The van der Waals surface area contributed by atoms with E-state index >= 15 is 0 Å². The largest absolute Gasteiger partial charge is 0.481 e. The van der Waals surface area contributed by atoms with Crippen molar-refractivity contribution >= 4 is 5.97 Å². The van der Waals surface area contributed by atoms with Crippen LogP contribution in [0.2, 0.25) is 0 Å². The van der Waals surface area contributed by atoms with E-state index in [2.05, 4.69) is 0 Å². The van der Waals surface area contributed by atoms with E-state index in [1.807, 2.05) is 11.8 Å². The molecular formula is C14H19F2NO2. The predicted molar refractivity (Wildman–Crippen MR) is 68.8 cm³/mol. The van der Waals surface area contributed by atoms with Crippen LogP contribution in [0.3, 0.4) is 0 Å². The van der Waals surface area contributed by atoms with Crippen LogP contribution in [0.5, 0.6) is 0 Å². The Morgan fingerprint density at radius 1 is 1.37 bits per heavy atom. The molecular weight excluding hydrogens is 252 g/mol. The van der Waals surface area contributed by atoms with E-state index in [1.54, 1.807) is 13.8 Å². The number of carboxylic acids is 1. The summed E-state index contributed by atoms with van der Waals surface area (Å²) in [6.45, 7) is 6.07. The molecule has 0 aliphatic rings. The SMILES string of the molecule is CCN(CC(C)C(=O)O)C(C)c1cccc(F)c1F. The number of carbonyl (C=O) groups is 1. The molecule has 0 radical (unpaired) electrons. The second-order valence-electron chi connectivity index (χ2n) is 4.65. The molecule has 5 heteroatoms. The molecule has 1 aromatic rings. The molecule has 0 spiro atoms. The van der Waals surface area contributed by atoms with Crippen molar-refractivity contribution in [2.24, 2.45) is 5.92 Å². The van der Waals surface area contributed by atoms with Crippen LogP contribution < -0.4 is 0 Å². The Morgan fingerprint density at radius 3 is 2.53 bits per heavy atom. The highest BCUT2D eigenvalue weighted by Crippen LogP contribution is 2.25. The maximum atomic E-state index is 13.7. The van der Waals surface area contributed by atoms with Gasteiger partial charge in [-0.1, -0.05) is 26.0 Å². The summed E-state index contributed by atoms with van der Waals surface area (Å²) < 4.78 is 26.9. The fraction of sp³-hybridized carbons (Fsp3) is 0.500. The zero-order chi connectivity index (χ0) is 14.6. The van der Waals surface area contributed by atoms with E-state index in [-0.39, 0.29) is 11.6 Å². The molecule has 2 atom stereocenters. The Balaban J connectivity index is 2.92. The highest BCUT2D eigenvalue weighted by atomic mass is 19.2. The van der Waals surface area contributed by atoms with Crippen molar-refractivity contribution in [2.45, 2.75) is 26.8 Å². The molecule has 0 amide bonds. The Kier molecular flexibility index (Phi) is 5.42. The first-order valence-electron chi connectivity index (χ1n) is 6.29. The standard InChI is InChI=1S/C14H19F2NO2/c1-4-17(8-9(2)14(18)19)10(3)11-6-5-7-12(15)13(11)16/h5-7,9-10H,4,8H2,1-3H3,(H,18,19). The van der Waals surface area contributed by atoms with Gasteiger partial charge in [-0.3, -0.25) is 9.69 Å². The molecule has 0 saturated heterocycles.